The van der Waals surface area contributed by atoms with E-state index in [1.54, 1.807) is 0 Å². The topological polar surface area (TPSA) is 88.3 Å². The number of nitrogens with one attached hydrogen (secondary N) is 1. The number of aromatic nitrogens is 1. The molecule has 1 aromatic heterocycles. The lowest BCUT2D eigenvalue weighted by molar-refractivity contribution is -0.275. The van der Waals surface area contributed by atoms with Crippen LogP contribution in [0.3, 0.4) is 0 Å². The van der Waals surface area contributed by atoms with Gasteiger partial charge in [0.1, 0.15) is 0 Å². The van der Waals surface area contributed by atoms with Crippen LogP contribution < -0.4 is 16.0 Å². The SMILES string of the molecule is NCc1[nH]c(=O)c(O)cc1OC(F)(F)F. The van der Waals surface area contributed by atoms with Crippen molar-refractivity contribution in [2.45, 2.75) is 12.9 Å². The Morgan fingerprint density at radius 3 is 2.60 bits per heavy atom. The van der Waals surface area contributed by atoms with E-state index in [2.05, 4.69) is 4.74 Å². The van der Waals surface area contributed by atoms with Crippen LogP contribution in [0.1, 0.15) is 5.69 Å². The largest absolute Gasteiger partial charge is 0.573 e. The Labute approximate surface area is 81.3 Å². The van der Waals surface area contributed by atoms with Gasteiger partial charge in [-0.3, -0.25) is 4.79 Å². The fourth-order valence-electron chi connectivity index (χ4n) is 0.907. The van der Waals surface area contributed by atoms with E-state index >= 15 is 0 Å². The number of rotatable bonds is 2. The molecule has 0 radical (unpaired) electrons. The van der Waals surface area contributed by atoms with Gasteiger partial charge in [0.15, 0.2) is 11.5 Å². The number of ether oxygens (including phenoxy) is 1. The third kappa shape index (κ3) is 2.88. The first-order valence-corrected chi connectivity index (χ1v) is 3.74. The van der Waals surface area contributed by atoms with E-state index in [4.69, 9.17) is 10.8 Å². The lowest BCUT2D eigenvalue weighted by Crippen LogP contribution is -2.21. The monoisotopic (exact) mass is 224 g/mol. The first-order chi connectivity index (χ1) is 6.83. The smallest absolute Gasteiger partial charge is 0.503 e. The third-order valence-corrected chi connectivity index (χ3v) is 1.49. The maximum absolute atomic E-state index is 11.9. The van der Waals surface area contributed by atoms with E-state index in [-0.39, 0.29) is 12.2 Å². The Hall–Kier alpha value is -1.70. The van der Waals surface area contributed by atoms with Gasteiger partial charge >= 0.3 is 6.36 Å². The average molecular weight is 224 g/mol. The lowest BCUT2D eigenvalue weighted by atomic mass is 10.3. The molecule has 5 nitrogen and oxygen atoms in total. The van der Waals surface area contributed by atoms with Crippen LogP contribution >= 0.6 is 0 Å². The van der Waals surface area contributed by atoms with Crippen molar-refractivity contribution in [3.63, 3.8) is 0 Å². The highest BCUT2D eigenvalue weighted by atomic mass is 19.4. The van der Waals surface area contributed by atoms with Crippen LogP contribution in [0.15, 0.2) is 10.9 Å². The molecule has 15 heavy (non-hydrogen) atoms. The van der Waals surface area contributed by atoms with Gasteiger partial charge in [-0.15, -0.1) is 13.2 Å². The molecule has 0 saturated carbocycles. The maximum atomic E-state index is 11.9. The number of hydrogen-bond donors (Lipinski definition) is 3. The zero-order valence-electron chi connectivity index (χ0n) is 7.26. The van der Waals surface area contributed by atoms with Crippen LogP contribution in [0, 0.1) is 0 Å². The molecule has 0 unspecified atom stereocenters. The van der Waals surface area contributed by atoms with Crippen molar-refractivity contribution >= 4 is 0 Å². The molecule has 0 aliphatic heterocycles. The van der Waals surface area contributed by atoms with Gasteiger partial charge in [0.25, 0.3) is 5.56 Å². The number of halogens is 3. The molecule has 1 rings (SSSR count). The Kier molecular flexibility index (Phi) is 2.89. The Balaban J connectivity index is 3.16. The molecular formula is C7H7F3N2O3. The molecule has 84 valence electrons. The summed E-state index contributed by atoms with van der Waals surface area (Å²) < 4.78 is 39.1. The van der Waals surface area contributed by atoms with Crippen LogP contribution in [-0.4, -0.2) is 16.5 Å². The summed E-state index contributed by atoms with van der Waals surface area (Å²) in [6.45, 7) is -0.346. The van der Waals surface area contributed by atoms with E-state index < -0.39 is 23.4 Å². The Bertz CT molecular complexity index is 413. The molecule has 0 saturated heterocycles. The van der Waals surface area contributed by atoms with Crippen molar-refractivity contribution in [3.05, 3.63) is 22.1 Å². The summed E-state index contributed by atoms with van der Waals surface area (Å²) in [6, 6.07) is 0.564. The summed E-state index contributed by atoms with van der Waals surface area (Å²) in [5.41, 5.74) is 3.92. The zero-order chi connectivity index (χ0) is 11.6. The Morgan fingerprint density at radius 2 is 2.13 bits per heavy atom. The van der Waals surface area contributed by atoms with E-state index in [1.165, 1.54) is 0 Å². The molecule has 0 bridgehead atoms. The second-order valence-corrected chi connectivity index (χ2v) is 2.58. The highest BCUT2D eigenvalue weighted by molar-refractivity contribution is 5.34. The molecule has 0 aromatic carbocycles. The molecule has 8 heteroatoms. The lowest BCUT2D eigenvalue weighted by Gasteiger charge is -2.11. The molecule has 1 aromatic rings. The second-order valence-electron chi connectivity index (χ2n) is 2.58. The number of alkyl halides is 3. The normalized spacial score (nSPS) is 11.5. The minimum atomic E-state index is -4.91. The molecule has 1 heterocycles. The van der Waals surface area contributed by atoms with Crippen molar-refractivity contribution in [3.8, 4) is 11.5 Å². The molecule has 0 fully saturated rings. The zero-order valence-corrected chi connectivity index (χ0v) is 7.26. The van der Waals surface area contributed by atoms with E-state index in [0.29, 0.717) is 6.07 Å². The molecule has 0 amide bonds. The number of aromatic amines is 1. The fraction of sp³-hybridized carbons (Fsp3) is 0.286. The summed E-state index contributed by atoms with van der Waals surface area (Å²) in [6.07, 6.45) is -4.91. The number of hydrogen-bond acceptors (Lipinski definition) is 4. The van der Waals surface area contributed by atoms with Gasteiger partial charge in [-0.2, -0.15) is 0 Å². The number of pyridine rings is 1. The summed E-state index contributed by atoms with van der Waals surface area (Å²) in [5.74, 6) is -1.59. The van der Waals surface area contributed by atoms with Crippen LogP contribution in [0.4, 0.5) is 13.2 Å². The van der Waals surface area contributed by atoms with Gasteiger partial charge in [0.05, 0.1) is 5.69 Å². The van der Waals surface area contributed by atoms with Crippen LogP contribution in [0.25, 0.3) is 0 Å². The molecule has 0 aliphatic rings. The summed E-state index contributed by atoms with van der Waals surface area (Å²) in [4.78, 5) is 12.8. The van der Waals surface area contributed by atoms with Gasteiger partial charge in [0.2, 0.25) is 0 Å². The van der Waals surface area contributed by atoms with Crippen molar-refractivity contribution in [1.29, 1.82) is 0 Å². The molecule has 0 spiro atoms. The van der Waals surface area contributed by atoms with Crippen molar-refractivity contribution in [2.75, 3.05) is 0 Å². The van der Waals surface area contributed by atoms with E-state index in [9.17, 15) is 18.0 Å². The van der Waals surface area contributed by atoms with Crippen LogP contribution in [0.5, 0.6) is 11.5 Å². The highest BCUT2D eigenvalue weighted by Crippen LogP contribution is 2.26. The predicted octanol–water partition coefficient (Wildman–Crippen LogP) is 0.438. The highest BCUT2D eigenvalue weighted by Gasteiger charge is 2.32. The summed E-state index contributed by atoms with van der Waals surface area (Å²) >= 11 is 0. The van der Waals surface area contributed by atoms with Crippen LogP contribution in [0.2, 0.25) is 0 Å². The number of H-pyrrole nitrogens is 1. The molecular weight excluding hydrogens is 217 g/mol. The van der Waals surface area contributed by atoms with Crippen LogP contribution in [-0.2, 0) is 6.54 Å². The first-order valence-electron chi connectivity index (χ1n) is 3.74. The summed E-state index contributed by atoms with van der Waals surface area (Å²) in [5, 5.41) is 8.88. The number of nitrogens with two attached hydrogens (primary N) is 1. The van der Waals surface area contributed by atoms with Gasteiger partial charge < -0.3 is 20.6 Å². The minimum absolute atomic E-state index is 0.241. The molecule has 0 aliphatic carbocycles. The predicted molar refractivity (Wildman–Crippen MR) is 43.3 cm³/mol. The molecule has 4 N–H and O–H groups in total. The van der Waals surface area contributed by atoms with Crippen molar-refractivity contribution < 1.29 is 23.0 Å². The molecule has 0 atom stereocenters. The fourth-order valence-corrected chi connectivity index (χ4v) is 0.907. The van der Waals surface area contributed by atoms with E-state index in [0.717, 1.165) is 0 Å². The Morgan fingerprint density at radius 1 is 1.53 bits per heavy atom. The van der Waals surface area contributed by atoms with Gasteiger partial charge in [-0.1, -0.05) is 0 Å². The maximum Gasteiger partial charge on any atom is 0.573 e. The third-order valence-electron chi connectivity index (χ3n) is 1.49. The second kappa shape index (κ2) is 3.81. The first kappa shape index (κ1) is 11.4. The van der Waals surface area contributed by atoms with Gasteiger partial charge in [-0.25, -0.2) is 0 Å². The van der Waals surface area contributed by atoms with E-state index in [1.807, 2.05) is 4.98 Å². The minimum Gasteiger partial charge on any atom is -0.503 e. The van der Waals surface area contributed by atoms with Crippen molar-refractivity contribution in [2.24, 2.45) is 5.73 Å². The van der Waals surface area contributed by atoms with Crippen molar-refractivity contribution in [1.82, 2.24) is 4.98 Å². The van der Waals surface area contributed by atoms with Gasteiger partial charge in [-0.05, 0) is 0 Å². The standard InChI is InChI=1S/C7H7F3N2O3/c8-7(9,10)15-5-1-4(13)6(14)12-3(5)2-11/h1,13H,2,11H2,(H,12,14). The average Bonchev–Trinajstić information content (AvgIpc) is 2.08. The summed E-state index contributed by atoms with van der Waals surface area (Å²) in [7, 11) is 0. The quantitative estimate of drug-likeness (QED) is 0.680. The number of aromatic hydroxyl groups is 1. The van der Waals surface area contributed by atoms with Gasteiger partial charge in [0, 0.05) is 12.6 Å².